The molecule has 114 valence electrons. The summed E-state index contributed by atoms with van der Waals surface area (Å²) in [5.74, 6) is -0.509. The number of aromatic nitrogens is 3. The molecule has 2 aromatic rings. The monoisotopic (exact) mass is 327 g/mol. The van der Waals surface area contributed by atoms with Gasteiger partial charge in [0, 0.05) is 4.88 Å². The lowest BCUT2D eigenvalue weighted by Gasteiger charge is -2.20. The molecule has 0 saturated carbocycles. The highest BCUT2D eigenvalue weighted by molar-refractivity contribution is 7.99. The van der Waals surface area contributed by atoms with Gasteiger partial charge in [-0.25, -0.2) is 0 Å². The number of carboxylic acids is 1. The summed E-state index contributed by atoms with van der Waals surface area (Å²) in [6.07, 6.45) is 1.85. The first kappa shape index (κ1) is 16.0. The van der Waals surface area contributed by atoms with Crippen LogP contribution in [0.2, 0.25) is 0 Å². The smallest absolute Gasteiger partial charge is 0.313 e. The molecule has 2 heterocycles. The number of aliphatic hydroxyl groups excluding tert-OH is 1. The van der Waals surface area contributed by atoms with Crippen LogP contribution in [0, 0.1) is 0 Å². The highest BCUT2D eigenvalue weighted by Gasteiger charge is 2.22. The molecule has 0 amide bonds. The molecule has 0 saturated heterocycles. The number of carboxylic acid groups (broad SMARTS) is 1. The Bertz CT molecular complexity index is 584. The van der Waals surface area contributed by atoms with Crippen molar-refractivity contribution in [2.75, 3.05) is 5.75 Å². The molecular weight excluding hydrogens is 310 g/mol. The van der Waals surface area contributed by atoms with E-state index in [0.717, 1.165) is 29.5 Å². The summed E-state index contributed by atoms with van der Waals surface area (Å²) in [5, 5.41) is 28.9. The van der Waals surface area contributed by atoms with Gasteiger partial charge in [0.2, 0.25) is 0 Å². The van der Waals surface area contributed by atoms with Gasteiger partial charge in [-0.1, -0.05) is 31.2 Å². The Morgan fingerprint density at radius 1 is 1.52 bits per heavy atom. The zero-order chi connectivity index (χ0) is 15.2. The molecule has 0 aliphatic rings. The van der Waals surface area contributed by atoms with Crippen molar-refractivity contribution in [3.8, 4) is 0 Å². The fourth-order valence-corrected chi connectivity index (χ4v) is 3.68. The number of nitrogens with zero attached hydrogens (tertiary/aromatic N) is 3. The van der Waals surface area contributed by atoms with Gasteiger partial charge in [-0.3, -0.25) is 9.36 Å². The maximum Gasteiger partial charge on any atom is 0.313 e. The van der Waals surface area contributed by atoms with Crippen LogP contribution in [-0.2, 0) is 11.4 Å². The van der Waals surface area contributed by atoms with E-state index in [2.05, 4.69) is 17.1 Å². The second-order valence-corrected chi connectivity index (χ2v) is 6.35. The molecule has 1 atom stereocenters. The molecule has 8 heteroatoms. The Labute approximate surface area is 130 Å². The van der Waals surface area contributed by atoms with Crippen LogP contribution in [-0.4, -0.2) is 36.7 Å². The normalized spacial score (nSPS) is 12.5. The highest BCUT2D eigenvalue weighted by Crippen LogP contribution is 2.32. The number of rotatable bonds is 8. The molecule has 0 radical (unpaired) electrons. The Kier molecular flexibility index (Phi) is 5.77. The van der Waals surface area contributed by atoms with E-state index in [0.29, 0.717) is 11.0 Å². The Hall–Kier alpha value is -1.38. The van der Waals surface area contributed by atoms with E-state index in [9.17, 15) is 9.90 Å². The zero-order valence-corrected chi connectivity index (χ0v) is 13.2. The molecule has 6 nitrogen and oxygen atoms in total. The summed E-state index contributed by atoms with van der Waals surface area (Å²) in [5.41, 5.74) is 0. The standard InChI is InChI=1S/C13H17N3O3S2/c1-2-4-9(10-5-3-6-20-10)16-11(7-17)14-15-13(16)21-8-12(18)19/h3,5-6,9,17H,2,4,7-8H2,1H3,(H,18,19). The zero-order valence-electron chi connectivity index (χ0n) is 11.6. The molecular formula is C13H17N3O3S2. The molecule has 0 spiro atoms. The molecule has 0 fully saturated rings. The number of hydrogen-bond acceptors (Lipinski definition) is 6. The highest BCUT2D eigenvalue weighted by atomic mass is 32.2. The van der Waals surface area contributed by atoms with Crippen LogP contribution in [0.5, 0.6) is 0 Å². The second-order valence-electron chi connectivity index (χ2n) is 4.43. The van der Waals surface area contributed by atoms with Crippen molar-refractivity contribution >= 4 is 29.1 Å². The average Bonchev–Trinajstić information content (AvgIpc) is 3.11. The van der Waals surface area contributed by atoms with Gasteiger partial charge in [-0.15, -0.1) is 21.5 Å². The first-order chi connectivity index (χ1) is 10.2. The Morgan fingerprint density at radius 2 is 2.33 bits per heavy atom. The minimum absolute atomic E-state index is 0.0310. The van der Waals surface area contributed by atoms with Gasteiger partial charge in [-0.2, -0.15) is 0 Å². The molecule has 0 aliphatic carbocycles. The summed E-state index contributed by atoms with van der Waals surface area (Å²) in [4.78, 5) is 11.9. The summed E-state index contributed by atoms with van der Waals surface area (Å²) >= 11 is 2.76. The molecule has 0 aliphatic heterocycles. The number of thiophene rings is 1. The van der Waals surface area contributed by atoms with Crippen LogP contribution in [0.1, 0.15) is 36.5 Å². The SMILES string of the molecule is CCCC(c1cccs1)n1c(CO)nnc1SCC(=O)O. The lowest BCUT2D eigenvalue weighted by molar-refractivity contribution is -0.133. The molecule has 2 aromatic heterocycles. The number of aliphatic hydroxyl groups is 1. The Morgan fingerprint density at radius 3 is 2.90 bits per heavy atom. The lowest BCUT2D eigenvalue weighted by Crippen LogP contribution is -2.14. The van der Waals surface area contributed by atoms with Crippen molar-refractivity contribution < 1.29 is 15.0 Å². The van der Waals surface area contributed by atoms with Crippen molar-refractivity contribution in [1.29, 1.82) is 0 Å². The van der Waals surface area contributed by atoms with Gasteiger partial charge in [0.15, 0.2) is 11.0 Å². The van der Waals surface area contributed by atoms with Crippen LogP contribution in [0.3, 0.4) is 0 Å². The van der Waals surface area contributed by atoms with E-state index >= 15 is 0 Å². The molecule has 0 bridgehead atoms. The van der Waals surface area contributed by atoms with Gasteiger partial charge in [0.1, 0.15) is 6.61 Å². The fourth-order valence-electron chi connectivity index (χ4n) is 2.11. The molecule has 0 aromatic carbocycles. The van der Waals surface area contributed by atoms with Gasteiger partial charge in [-0.05, 0) is 17.9 Å². The summed E-state index contributed by atoms with van der Waals surface area (Å²) in [6.45, 7) is 1.87. The molecule has 1 unspecified atom stereocenters. The van der Waals surface area contributed by atoms with Crippen LogP contribution in [0.25, 0.3) is 0 Å². The summed E-state index contributed by atoms with van der Waals surface area (Å²) < 4.78 is 1.86. The van der Waals surface area contributed by atoms with E-state index in [-0.39, 0.29) is 18.4 Å². The third kappa shape index (κ3) is 3.84. The molecule has 2 rings (SSSR count). The maximum absolute atomic E-state index is 10.8. The van der Waals surface area contributed by atoms with Crippen LogP contribution in [0.4, 0.5) is 0 Å². The van der Waals surface area contributed by atoms with Crippen LogP contribution in [0.15, 0.2) is 22.7 Å². The second kappa shape index (κ2) is 7.58. The van der Waals surface area contributed by atoms with Crippen molar-refractivity contribution in [1.82, 2.24) is 14.8 Å². The summed E-state index contributed by atoms with van der Waals surface area (Å²) in [6, 6.07) is 4.05. The minimum atomic E-state index is -0.900. The quantitative estimate of drug-likeness (QED) is 0.724. The maximum atomic E-state index is 10.8. The predicted octanol–water partition coefficient (Wildman–Crippen LogP) is 2.40. The van der Waals surface area contributed by atoms with E-state index in [1.165, 1.54) is 0 Å². The number of thioether (sulfide) groups is 1. The van der Waals surface area contributed by atoms with Crippen LogP contribution >= 0.6 is 23.1 Å². The number of carbonyl (C=O) groups is 1. The van der Waals surface area contributed by atoms with Gasteiger partial charge in [0.05, 0.1) is 11.8 Å². The van der Waals surface area contributed by atoms with Gasteiger partial charge >= 0.3 is 5.97 Å². The number of aliphatic carboxylic acids is 1. The van der Waals surface area contributed by atoms with E-state index in [1.54, 1.807) is 11.3 Å². The topological polar surface area (TPSA) is 88.2 Å². The summed E-state index contributed by atoms with van der Waals surface area (Å²) in [7, 11) is 0. The van der Waals surface area contributed by atoms with Crippen molar-refractivity contribution in [3.63, 3.8) is 0 Å². The van der Waals surface area contributed by atoms with E-state index < -0.39 is 5.97 Å². The largest absolute Gasteiger partial charge is 0.481 e. The third-order valence-electron chi connectivity index (χ3n) is 2.95. The fraction of sp³-hybridized carbons (Fsp3) is 0.462. The third-order valence-corrected chi connectivity index (χ3v) is 4.85. The first-order valence-electron chi connectivity index (χ1n) is 6.60. The molecule has 21 heavy (non-hydrogen) atoms. The van der Waals surface area contributed by atoms with Crippen molar-refractivity contribution in [2.24, 2.45) is 0 Å². The van der Waals surface area contributed by atoms with E-state index in [4.69, 9.17) is 5.11 Å². The average molecular weight is 327 g/mol. The Balaban J connectivity index is 2.37. The van der Waals surface area contributed by atoms with E-state index in [1.807, 2.05) is 22.1 Å². The molecule has 2 N–H and O–H groups in total. The first-order valence-corrected chi connectivity index (χ1v) is 8.46. The minimum Gasteiger partial charge on any atom is -0.481 e. The van der Waals surface area contributed by atoms with Crippen LogP contribution < -0.4 is 0 Å². The number of hydrogen-bond donors (Lipinski definition) is 2. The lowest BCUT2D eigenvalue weighted by atomic mass is 10.1. The van der Waals surface area contributed by atoms with Crippen molar-refractivity contribution in [3.05, 3.63) is 28.2 Å². The van der Waals surface area contributed by atoms with Crippen molar-refractivity contribution in [2.45, 2.75) is 37.6 Å². The van der Waals surface area contributed by atoms with Gasteiger partial charge in [0.25, 0.3) is 0 Å². The predicted molar refractivity (Wildman–Crippen MR) is 81.7 cm³/mol. The van der Waals surface area contributed by atoms with Gasteiger partial charge < -0.3 is 10.2 Å².